The van der Waals surface area contributed by atoms with Gasteiger partial charge in [0, 0.05) is 19.3 Å². The second-order valence-corrected chi connectivity index (χ2v) is 6.80. The lowest BCUT2D eigenvalue weighted by atomic mass is 10.0. The number of aliphatic carboxylic acids is 3. The number of hydrogen-bond donors (Lipinski definition) is 7. The summed E-state index contributed by atoms with van der Waals surface area (Å²) in [5.74, 6) is -5.57. The van der Waals surface area contributed by atoms with E-state index in [1.807, 2.05) is 0 Å². The molecule has 0 heterocycles. The van der Waals surface area contributed by atoms with E-state index in [2.05, 4.69) is 10.6 Å². The minimum absolute atomic E-state index is 0.0182. The standard InChI is InChI=1S/C19H25N3O9/c20-12(5-7-15(24)25)17(28)21-13(6-8-16(26)27)18(29)22-14(19(30)31)9-10-1-3-11(23)4-2-10/h1-4,12-14,23H,5-9,20H2,(H,21,28)(H,22,29)(H,24,25)(H,26,27)(H,30,31). The molecule has 170 valence electrons. The van der Waals surface area contributed by atoms with E-state index in [1.54, 1.807) is 0 Å². The fraction of sp³-hybridized carbons (Fsp3) is 0.421. The van der Waals surface area contributed by atoms with Crippen LogP contribution < -0.4 is 16.4 Å². The van der Waals surface area contributed by atoms with Crippen LogP contribution in [0.15, 0.2) is 24.3 Å². The summed E-state index contributed by atoms with van der Waals surface area (Å²) < 4.78 is 0. The van der Waals surface area contributed by atoms with Gasteiger partial charge in [-0.05, 0) is 30.5 Å². The zero-order chi connectivity index (χ0) is 23.6. The number of benzene rings is 1. The summed E-state index contributed by atoms with van der Waals surface area (Å²) in [4.78, 5) is 57.8. The predicted octanol–water partition coefficient (Wildman–Crippen LogP) is -0.954. The number of amides is 2. The van der Waals surface area contributed by atoms with Gasteiger partial charge in [0.05, 0.1) is 6.04 Å². The molecule has 0 aliphatic heterocycles. The van der Waals surface area contributed by atoms with Gasteiger partial charge in [0.15, 0.2) is 0 Å². The first-order valence-electron chi connectivity index (χ1n) is 9.30. The summed E-state index contributed by atoms with van der Waals surface area (Å²) in [7, 11) is 0. The van der Waals surface area contributed by atoms with Gasteiger partial charge in [0.2, 0.25) is 11.8 Å². The quantitative estimate of drug-likeness (QED) is 0.200. The van der Waals surface area contributed by atoms with Crippen LogP contribution in [0, 0.1) is 0 Å². The Bertz CT molecular complexity index is 810. The summed E-state index contributed by atoms with van der Waals surface area (Å²) in [6.07, 6.45) is -1.52. The Morgan fingerprint density at radius 2 is 1.32 bits per heavy atom. The van der Waals surface area contributed by atoms with E-state index in [1.165, 1.54) is 24.3 Å². The van der Waals surface area contributed by atoms with E-state index in [4.69, 9.17) is 15.9 Å². The van der Waals surface area contributed by atoms with Gasteiger partial charge in [-0.1, -0.05) is 12.1 Å². The van der Waals surface area contributed by atoms with Gasteiger partial charge in [-0.25, -0.2) is 4.79 Å². The number of hydrogen-bond acceptors (Lipinski definition) is 7. The molecule has 1 rings (SSSR count). The molecule has 31 heavy (non-hydrogen) atoms. The van der Waals surface area contributed by atoms with Gasteiger partial charge in [-0.2, -0.15) is 0 Å². The number of carbonyl (C=O) groups excluding carboxylic acids is 2. The number of aromatic hydroxyl groups is 1. The molecule has 8 N–H and O–H groups in total. The topological polar surface area (TPSA) is 216 Å². The molecule has 0 saturated heterocycles. The molecule has 0 saturated carbocycles. The average Bonchev–Trinajstić information content (AvgIpc) is 2.69. The van der Waals surface area contributed by atoms with Crippen LogP contribution in [0.4, 0.5) is 0 Å². The minimum atomic E-state index is -1.39. The Hall–Kier alpha value is -3.67. The highest BCUT2D eigenvalue weighted by molar-refractivity contribution is 5.92. The first-order valence-corrected chi connectivity index (χ1v) is 9.30. The highest BCUT2D eigenvalue weighted by Crippen LogP contribution is 2.12. The second kappa shape index (κ2) is 12.1. The number of nitrogens with one attached hydrogen (secondary N) is 2. The number of phenols is 1. The van der Waals surface area contributed by atoms with E-state index in [-0.39, 0.29) is 31.4 Å². The average molecular weight is 439 g/mol. The molecule has 1 aromatic carbocycles. The Morgan fingerprint density at radius 1 is 0.806 bits per heavy atom. The summed E-state index contributed by atoms with van der Waals surface area (Å²) in [6, 6.07) is 1.63. The van der Waals surface area contributed by atoms with Crippen molar-refractivity contribution in [3.8, 4) is 5.75 Å². The van der Waals surface area contributed by atoms with Crippen molar-refractivity contribution in [1.82, 2.24) is 10.6 Å². The molecule has 12 nitrogen and oxygen atoms in total. The summed E-state index contributed by atoms with van der Waals surface area (Å²) >= 11 is 0. The lowest BCUT2D eigenvalue weighted by molar-refractivity contribution is -0.143. The number of phenolic OH excluding ortho intramolecular Hbond substituents is 1. The monoisotopic (exact) mass is 439 g/mol. The summed E-state index contributed by atoms with van der Waals surface area (Å²) in [6.45, 7) is 0. The smallest absolute Gasteiger partial charge is 0.326 e. The third kappa shape index (κ3) is 9.58. The minimum Gasteiger partial charge on any atom is -0.508 e. The lowest BCUT2D eigenvalue weighted by Gasteiger charge is -2.22. The van der Waals surface area contributed by atoms with Crippen molar-refractivity contribution in [1.29, 1.82) is 0 Å². The SMILES string of the molecule is NC(CCC(=O)O)C(=O)NC(CCC(=O)O)C(=O)NC(Cc1ccc(O)cc1)C(=O)O. The van der Waals surface area contributed by atoms with Crippen LogP contribution in [0.5, 0.6) is 5.75 Å². The Balaban J connectivity index is 2.86. The molecule has 3 atom stereocenters. The van der Waals surface area contributed by atoms with Gasteiger partial charge >= 0.3 is 17.9 Å². The van der Waals surface area contributed by atoms with Gasteiger partial charge in [0.1, 0.15) is 17.8 Å². The number of nitrogens with two attached hydrogens (primary N) is 1. The number of carboxylic acid groups (broad SMARTS) is 3. The lowest BCUT2D eigenvalue weighted by Crippen LogP contribution is -2.55. The van der Waals surface area contributed by atoms with Crippen LogP contribution in [0.25, 0.3) is 0 Å². The number of carbonyl (C=O) groups is 5. The zero-order valence-corrected chi connectivity index (χ0v) is 16.5. The molecule has 0 aromatic heterocycles. The molecule has 3 unspecified atom stereocenters. The zero-order valence-electron chi connectivity index (χ0n) is 16.5. The van der Waals surface area contributed by atoms with E-state index in [9.17, 15) is 34.2 Å². The first kappa shape index (κ1) is 25.4. The van der Waals surface area contributed by atoms with Gasteiger partial charge in [-0.3, -0.25) is 19.2 Å². The van der Waals surface area contributed by atoms with E-state index < -0.39 is 54.3 Å². The first-order chi connectivity index (χ1) is 14.5. The molecule has 0 spiro atoms. The summed E-state index contributed by atoms with van der Waals surface area (Å²) in [5.41, 5.74) is 6.10. The third-order valence-electron chi connectivity index (χ3n) is 4.28. The highest BCUT2D eigenvalue weighted by Gasteiger charge is 2.28. The molecule has 0 bridgehead atoms. The Labute approximate surface area is 177 Å². The van der Waals surface area contributed by atoms with Crippen LogP contribution in [-0.4, -0.2) is 68.3 Å². The third-order valence-corrected chi connectivity index (χ3v) is 4.28. The van der Waals surface area contributed by atoms with Crippen LogP contribution in [0.2, 0.25) is 0 Å². The van der Waals surface area contributed by atoms with Crippen molar-refractivity contribution in [3.63, 3.8) is 0 Å². The molecule has 0 radical (unpaired) electrons. The number of carboxylic acids is 3. The second-order valence-electron chi connectivity index (χ2n) is 6.80. The fourth-order valence-electron chi connectivity index (χ4n) is 2.57. The molecular weight excluding hydrogens is 414 g/mol. The maximum Gasteiger partial charge on any atom is 0.326 e. The molecular formula is C19H25N3O9. The Kier molecular flexibility index (Phi) is 9.92. The van der Waals surface area contributed by atoms with Crippen LogP contribution in [0.1, 0.15) is 31.2 Å². The maximum atomic E-state index is 12.6. The molecule has 12 heteroatoms. The maximum absolute atomic E-state index is 12.6. The van der Waals surface area contributed by atoms with Crippen molar-refractivity contribution in [2.75, 3.05) is 0 Å². The van der Waals surface area contributed by atoms with Crippen LogP contribution >= 0.6 is 0 Å². The van der Waals surface area contributed by atoms with E-state index in [0.29, 0.717) is 5.56 Å². The van der Waals surface area contributed by atoms with Crippen LogP contribution in [0.3, 0.4) is 0 Å². The van der Waals surface area contributed by atoms with E-state index in [0.717, 1.165) is 0 Å². The van der Waals surface area contributed by atoms with Crippen molar-refractivity contribution >= 4 is 29.7 Å². The largest absolute Gasteiger partial charge is 0.508 e. The number of rotatable bonds is 13. The molecule has 2 amide bonds. The molecule has 0 fully saturated rings. The molecule has 1 aromatic rings. The normalized spacial score (nSPS) is 13.5. The van der Waals surface area contributed by atoms with Gasteiger partial charge in [0.25, 0.3) is 0 Å². The van der Waals surface area contributed by atoms with Crippen molar-refractivity contribution in [3.05, 3.63) is 29.8 Å². The van der Waals surface area contributed by atoms with Crippen molar-refractivity contribution in [2.45, 2.75) is 50.2 Å². The van der Waals surface area contributed by atoms with Crippen molar-refractivity contribution in [2.24, 2.45) is 5.73 Å². The molecule has 0 aliphatic carbocycles. The van der Waals surface area contributed by atoms with Gasteiger partial charge < -0.3 is 36.8 Å². The van der Waals surface area contributed by atoms with Crippen molar-refractivity contribution < 1.29 is 44.4 Å². The highest BCUT2D eigenvalue weighted by atomic mass is 16.4. The van der Waals surface area contributed by atoms with Crippen LogP contribution in [-0.2, 0) is 30.4 Å². The Morgan fingerprint density at radius 3 is 1.84 bits per heavy atom. The van der Waals surface area contributed by atoms with E-state index >= 15 is 0 Å². The predicted molar refractivity (Wildman–Crippen MR) is 105 cm³/mol. The van der Waals surface area contributed by atoms with Gasteiger partial charge in [-0.15, -0.1) is 0 Å². The summed E-state index contributed by atoms with van der Waals surface area (Å²) in [5, 5.41) is 40.8. The molecule has 0 aliphatic rings. The fourth-order valence-corrected chi connectivity index (χ4v) is 2.57.